The van der Waals surface area contributed by atoms with Crippen LogP contribution in [0.4, 0.5) is 0 Å². The van der Waals surface area contributed by atoms with Crippen molar-refractivity contribution in [1.29, 1.82) is 0 Å². The number of piperidine rings is 1. The molecule has 0 radical (unpaired) electrons. The molecule has 33 heavy (non-hydrogen) atoms. The molecule has 0 unspecified atom stereocenters. The van der Waals surface area contributed by atoms with Crippen LogP contribution >= 0.6 is 0 Å². The molecule has 170 valence electrons. The lowest BCUT2D eigenvalue weighted by Gasteiger charge is -2.64. The van der Waals surface area contributed by atoms with Crippen LogP contribution in [0.25, 0.3) is 0 Å². The topological polar surface area (TPSA) is 73.2 Å². The van der Waals surface area contributed by atoms with Crippen molar-refractivity contribution in [2.75, 3.05) is 13.1 Å². The SMILES string of the molecule is C=CCN1CC[C@]23c4c5ccc(O)c4O[C@H]2[C@H](N2Cc4ccccc4C2=O)CC[C@@]3(O)[C@@H]1C5. The summed E-state index contributed by atoms with van der Waals surface area (Å²) in [6.45, 7) is 6.06. The first-order valence-corrected chi connectivity index (χ1v) is 12.0. The summed E-state index contributed by atoms with van der Waals surface area (Å²) in [5.74, 6) is 0.683. The van der Waals surface area contributed by atoms with Crippen LogP contribution in [0, 0.1) is 0 Å². The van der Waals surface area contributed by atoms with Crippen molar-refractivity contribution < 1.29 is 19.7 Å². The first-order valence-electron chi connectivity index (χ1n) is 12.0. The van der Waals surface area contributed by atoms with E-state index in [0.717, 1.165) is 48.2 Å². The number of carbonyl (C=O) groups excluding carboxylic acids is 1. The van der Waals surface area contributed by atoms with Gasteiger partial charge in [0.2, 0.25) is 0 Å². The molecule has 2 N–H and O–H groups in total. The Balaban J connectivity index is 1.38. The lowest BCUT2D eigenvalue weighted by molar-refractivity contribution is -0.196. The van der Waals surface area contributed by atoms with E-state index in [1.165, 1.54) is 0 Å². The number of hydrogen-bond acceptors (Lipinski definition) is 5. The average Bonchev–Trinajstić information content (AvgIpc) is 3.33. The molecule has 3 aliphatic heterocycles. The number of nitrogens with zero attached hydrogens (tertiary/aromatic N) is 2. The van der Waals surface area contributed by atoms with E-state index in [9.17, 15) is 15.0 Å². The third-order valence-corrected chi connectivity index (χ3v) is 9.15. The second kappa shape index (κ2) is 6.39. The third-order valence-electron chi connectivity index (χ3n) is 9.15. The Kier molecular flexibility index (Phi) is 3.80. The van der Waals surface area contributed by atoms with Gasteiger partial charge in [0, 0.05) is 30.3 Å². The van der Waals surface area contributed by atoms with Gasteiger partial charge in [0.25, 0.3) is 5.91 Å². The minimum atomic E-state index is -0.975. The van der Waals surface area contributed by atoms with E-state index >= 15 is 0 Å². The molecule has 6 nitrogen and oxygen atoms in total. The highest BCUT2D eigenvalue weighted by atomic mass is 16.5. The largest absolute Gasteiger partial charge is 0.504 e. The Bertz CT molecular complexity index is 1210. The first-order chi connectivity index (χ1) is 16.0. The van der Waals surface area contributed by atoms with E-state index in [4.69, 9.17) is 4.74 Å². The Morgan fingerprint density at radius 1 is 1.18 bits per heavy atom. The molecule has 2 bridgehead atoms. The predicted octanol–water partition coefficient (Wildman–Crippen LogP) is 2.76. The summed E-state index contributed by atoms with van der Waals surface area (Å²) in [6, 6.07) is 11.3. The van der Waals surface area contributed by atoms with Crippen LogP contribution in [0.2, 0.25) is 0 Å². The minimum absolute atomic E-state index is 0.0363. The van der Waals surface area contributed by atoms with Crippen molar-refractivity contribution in [3.8, 4) is 11.5 Å². The van der Waals surface area contributed by atoms with E-state index in [1.54, 1.807) is 6.07 Å². The molecule has 2 aromatic rings. The van der Waals surface area contributed by atoms with Crippen LogP contribution in [-0.4, -0.2) is 62.8 Å². The Morgan fingerprint density at radius 3 is 2.85 bits per heavy atom. The van der Waals surface area contributed by atoms with Crippen molar-refractivity contribution in [2.45, 2.75) is 61.4 Å². The number of aliphatic hydroxyl groups is 1. The van der Waals surface area contributed by atoms with Gasteiger partial charge in [-0.2, -0.15) is 0 Å². The lowest BCUT2D eigenvalue weighted by atomic mass is 9.48. The molecule has 2 aromatic carbocycles. The van der Waals surface area contributed by atoms with Gasteiger partial charge in [0.15, 0.2) is 11.5 Å². The maximum Gasteiger partial charge on any atom is 0.254 e. The fourth-order valence-electron chi connectivity index (χ4n) is 7.85. The van der Waals surface area contributed by atoms with Crippen molar-refractivity contribution in [1.82, 2.24) is 9.80 Å². The number of ether oxygens (including phenoxy) is 1. The van der Waals surface area contributed by atoms with Crippen molar-refractivity contribution in [3.05, 3.63) is 71.3 Å². The van der Waals surface area contributed by atoms with Crippen LogP contribution < -0.4 is 4.74 Å². The van der Waals surface area contributed by atoms with Crippen LogP contribution in [0.15, 0.2) is 49.1 Å². The monoisotopic (exact) mass is 444 g/mol. The molecule has 5 aliphatic rings. The van der Waals surface area contributed by atoms with Gasteiger partial charge in [0.1, 0.15) is 6.10 Å². The molecule has 0 aromatic heterocycles. The van der Waals surface area contributed by atoms with Gasteiger partial charge < -0.3 is 19.8 Å². The van der Waals surface area contributed by atoms with Crippen molar-refractivity contribution in [2.24, 2.45) is 0 Å². The highest BCUT2D eigenvalue weighted by molar-refractivity contribution is 5.98. The van der Waals surface area contributed by atoms with Crippen molar-refractivity contribution >= 4 is 5.91 Å². The highest BCUT2D eigenvalue weighted by Gasteiger charge is 2.73. The fourth-order valence-corrected chi connectivity index (χ4v) is 7.85. The molecule has 1 spiro atoms. The van der Waals surface area contributed by atoms with Gasteiger partial charge in [-0.3, -0.25) is 9.69 Å². The Labute approximate surface area is 193 Å². The number of phenolic OH excluding ortho intramolecular Hbond substituents is 1. The number of amides is 1. The van der Waals surface area contributed by atoms with Crippen molar-refractivity contribution in [3.63, 3.8) is 0 Å². The minimum Gasteiger partial charge on any atom is -0.504 e. The van der Waals surface area contributed by atoms with Gasteiger partial charge in [-0.15, -0.1) is 6.58 Å². The molecular weight excluding hydrogens is 416 g/mol. The molecule has 5 atom stereocenters. The zero-order valence-electron chi connectivity index (χ0n) is 18.5. The van der Waals surface area contributed by atoms with E-state index in [1.807, 2.05) is 41.3 Å². The smallest absolute Gasteiger partial charge is 0.254 e. The Morgan fingerprint density at radius 2 is 2.03 bits per heavy atom. The molecule has 2 fully saturated rings. The number of carbonyl (C=O) groups is 1. The number of phenols is 1. The molecule has 6 heteroatoms. The molecule has 3 heterocycles. The molecule has 7 rings (SSSR count). The number of likely N-dealkylation sites (tertiary alicyclic amines) is 1. The van der Waals surface area contributed by atoms with Gasteiger partial charge in [-0.1, -0.05) is 30.3 Å². The van der Waals surface area contributed by atoms with Crippen LogP contribution in [0.5, 0.6) is 11.5 Å². The average molecular weight is 445 g/mol. The van der Waals surface area contributed by atoms with Gasteiger partial charge >= 0.3 is 0 Å². The zero-order valence-corrected chi connectivity index (χ0v) is 18.5. The van der Waals surface area contributed by atoms with E-state index in [0.29, 0.717) is 25.1 Å². The standard InChI is InChI=1S/C27H28N2O4/c1-2-12-28-13-11-26-22-16-7-8-20(30)23(22)33-24(26)19(9-10-27(26,32)21(28)14-16)29-15-17-5-3-4-6-18(17)25(29)31/h2-8,19,21,24,30,32H,1,9-15H2/t19-,21+,24+,26+,27-/m1/s1. The third kappa shape index (κ3) is 2.19. The summed E-state index contributed by atoms with van der Waals surface area (Å²) in [5, 5.41) is 23.2. The van der Waals surface area contributed by atoms with Crippen LogP contribution in [-0.2, 0) is 18.4 Å². The number of rotatable bonds is 3. The fraction of sp³-hybridized carbons (Fsp3) is 0.444. The second-order valence-corrected chi connectivity index (χ2v) is 10.3. The first kappa shape index (κ1) is 19.6. The predicted molar refractivity (Wildman–Crippen MR) is 122 cm³/mol. The molecule has 1 saturated carbocycles. The number of fused-ring (bicyclic) bond motifs is 1. The quantitative estimate of drug-likeness (QED) is 0.713. The summed E-state index contributed by atoms with van der Waals surface area (Å²) in [6.07, 6.45) is 4.25. The van der Waals surface area contributed by atoms with Crippen LogP contribution in [0.1, 0.15) is 46.3 Å². The molecule has 2 aliphatic carbocycles. The number of hydrogen-bond donors (Lipinski definition) is 2. The second-order valence-electron chi connectivity index (χ2n) is 10.3. The summed E-state index contributed by atoms with van der Waals surface area (Å²) in [5.41, 5.74) is 2.33. The number of aromatic hydroxyl groups is 1. The van der Waals surface area contributed by atoms with Gasteiger partial charge in [-0.25, -0.2) is 0 Å². The molecule has 1 saturated heterocycles. The summed E-state index contributed by atoms with van der Waals surface area (Å²) in [7, 11) is 0. The maximum atomic E-state index is 13.4. The summed E-state index contributed by atoms with van der Waals surface area (Å²) < 4.78 is 6.60. The van der Waals surface area contributed by atoms with E-state index in [-0.39, 0.29) is 29.8 Å². The van der Waals surface area contributed by atoms with E-state index in [2.05, 4.69) is 11.5 Å². The number of benzene rings is 2. The maximum absolute atomic E-state index is 13.4. The lowest BCUT2D eigenvalue weighted by Crippen LogP contribution is -2.78. The summed E-state index contributed by atoms with van der Waals surface area (Å²) >= 11 is 0. The van der Waals surface area contributed by atoms with Crippen LogP contribution in [0.3, 0.4) is 0 Å². The van der Waals surface area contributed by atoms with Gasteiger partial charge in [-0.05, 0) is 55.5 Å². The Hall–Kier alpha value is -2.83. The highest BCUT2D eigenvalue weighted by Crippen LogP contribution is 2.66. The summed E-state index contributed by atoms with van der Waals surface area (Å²) in [4.78, 5) is 17.7. The normalized spacial score (nSPS) is 35.7. The van der Waals surface area contributed by atoms with Gasteiger partial charge in [0.05, 0.1) is 17.1 Å². The molecule has 1 amide bonds. The zero-order chi connectivity index (χ0) is 22.5. The van der Waals surface area contributed by atoms with E-state index < -0.39 is 11.0 Å². The molecular formula is C27H28N2O4.